The van der Waals surface area contributed by atoms with Crippen molar-refractivity contribution in [3.05, 3.63) is 98.5 Å². The molecular formula is C26H23ClN2S2. The van der Waals surface area contributed by atoms with Gasteiger partial charge in [-0.3, -0.25) is 0 Å². The fourth-order valence-electron chi connectivity index (χ4n) is 4.20. The maximum atomic E-state index is 6.21. The number of nitrogens with zero attached hydrogens (tertiary/aromatic N) is 2. The minimum Gasteiger partial charge on any atom is -0.357 e. The van der Waals surface area contributed by atoms with Gasteiger partial charge in [0, 0.05) is 28.4 Å². The first-order chi connectivity index (χ1) is 14.9. The van der Waals surface area contributed by atoms with E-state index in [1.807, 2.05) is 34.6 Å². The monoisotopic (exact) mass is 462 g/mol. The number of rotatable bonds is 3. The van der Waals surface area contributed by atoms with Crippen molar-refractivity contribution in [2.45, 2.75) is 32.9 Å². The fraction of sp³-hybridized carbons (Fsp3) is 0.192. The van der Waals surface area contributed by atoms with Crippen molar-refractivity contribution in [1.29, 1.82) is 0 Å². The van der Waals surface area contributed by atoms with Gasteiger partial charge in [0.1, 0.15) is 4.67 Å². The van der Waals surface area contributed by atoms with E-state index in [4.69, 9.17) is 16.6 Å². The maximum absolute atomic E-state index is 6.21. The Bertz CT molecular complexity index is 1320. The van der Waals surface area contributed by atoms with Crippen molar-refractivity contribution in [2.75, 3.05) is 4.90 Å². The standard InChI is InChI=1S/C26H23ClN2S2/c1-17-12-13-22-21(14-17)23-24(26(2,3)29(22)16-18-8-5-4-6-9-18)30-31-25(23)28-20-11-7-10-19(27)15-20/h4-15H,16H2,1-3H3. The number of hydrogen-bond acceptors (Lipinski definition) is 4. The van der Waals surface area contributed by atoms with E-state index in [-0.39, 0.29) is 5.54 Å². The van der Waals surface area contributed by atoms with Gasteiger partial charge in [-0.25, -0.2) is 4.99 Å². The second-order valence-electron chi connectivity index (χ2n) is 8.42. The topological polar surface area (TPSA) is 15.6 Å². The SMILES string of the molecule is Cc1ccc2c(c1)-c1c(ssc1=Nc1cccc(Cl)c1)C(C)(C)N2Cc1ccccc1. The Kier molecular flexibility index (Phi) is 5.25. The minimum atomic E-state index is -0.142. The molecule has 3 aromatic carbocycles. The Balaban J connectivity index is 1.71. The zero-order valence-corrected chi connectivity index (χ0v) is 20.1. The summed E-state index contributed by atoms with van der Waals surface area (Å²) in [6.45, 7) is 7.67. The van der Waals surface area contributed by atoms with Crippen LogP contribution in [0.1, 0.15) is 29.9 Å². The average Bonchev–Trinajstić information content (AvgIpc) is 3.17. The van der Waals surface area contributed by atoms with Crippen molar-refractivity contribution in [3.8, 4) is 11.1 Å². The Morgan fingerprint density at radius 1 is 0.935 bits per heavy atom. The Hall–Kier alpha value is -2.40. The third-order valence-corrected chi connectivity index (χ3v) is 8.68. The van der Waals surface area contributed by atoms with Gasteiger partial charge in [0.25, 0.3) is 0 Å². The molecule has 0 unspecified atom stereocenters. The molecule has 1 aliphatic rings. The van der Waals surface area contributed by atoms with Crippen LogP contribution in [0.2, 0.25) is 5.02 Å². The third kappa shape index (κ3) is 3.73. The summed E-state index contributed by atoms with van der Waals surface area (Å²) in [5.74, 6) is 0. The molecule has 0 aliphatic carbocycles. The highest BCUT2D eigenvalue weighted by atomic mass is 35.5. The van der Waals surface area contributed by atoms with E-state index in [0.29, 0.717) is 5.02 Å². The van der Waals surface area contributed by atoms with Crippen molar-refractivity contribution >= 4 is 43.7 Å². The Morgan fingerprint density at radius 2 is 1.74 bits per heavy atom. The number of fused-ring (bicyclic) bond motifs is 3. The largest absolute Gasteiger partial charge is 0.357 e. The number of aryl methyl sites for hydroxylation is 1. The summed E-state index contributed by atoms with van der Waals surface area (Å²) in [5.41, 5.74) is 7.12. The van der Waals surface area contributed by atoms with E-state index >= 15 is 0 Å². The zero-order valence-electron chi connectivity index (χ0n) is 17.7. The van der Waals surface area contributed by atoms with Crippen LogP contribution in [0.3, 0.4) is 0 Å². The normalized spacial score (nSPS) is 15.0. The van der Waals surface area contributed by atoms with E-state index in [2.05, 4.69) is 74.2 Å². The lowest BCUT2D eigenvalue weighted by molar-refractivity contribution is 0.483. The molecule has 31 heavy (non-hydrogen) atoms. The molecule has 0 radical (unpaired) electrons. The van der Waals surface area contributed by atoms with Crippen LogP contribution in [-0.2, 0) is 12.1 Å². The molecule has 2 heterocycles. The van der Waals surface area contributed by atoms with Gasteiger partial charge in [-0.1, -0.05) is 80.3 Å². The van der Waals surface area contributed by atoms with Gasteiger partial charge in [-0.05, 0) is 56.7 Å². The fourth-order valence-corrected chi connectivity index (χ4v) is 7.37. The van der Waals surface area contributed by atoms with Crippen LogP contribution in [-0.4, -0.2) is 0 Å². The molecule has 0 fully saturated rings. The summed E-state index contributed by atoms with van der Waals surface area (Å²) in [4.78, 5) is 8.91. The van der Waals surface area contributed by atoms with Crippen molar-refractivity contribution in [1.82, 2.24) is 0 Å². The molecule has 5 rings (SSSR count). The summed E-state index contributed by atoms with van der Waals surface area (Å²) in [5, 5.41) is 0.709. The summed E-state index contributed by atoms with van der Waals surface area (Å²) < 4.78 is 1.06. The smallest absolute Gasteiger partial charge is 0.135 e. The molecule has 5 heteroatoms. The first-order valence-corrected chi connectivity index (χ1v) is 12.8. The van der Waals surface area contributed by atoms with Crippen LogP contribution in [0, 0.1) is 6.92 Å². The van der Waals surface area contributed by atoms with E-state index in [1.54, 1.807) is 10.3 Å². The molecule has 0 amide bonds. The molecule has 0 N–H and O–H groups in total. The molecule has 0 bridgehead atoms. The summed E-state index contributed by atoms with van der Waals surface area (Å²) in [6, 6.07) is 25.3. The van der Waals surface area contributed by atoms with Crippen LogP contribution >= 0.6 is 32.3 Å². The minimum absolute atomic E-state index is 0.142. The number of anilines is 1. The van der Waals surface area contributed by atoms with Crippen LogP contribution in [0.4, 0.5) is 11.4 Å². The summed E-state index contributed by atoms with van der Waals surface area (Å²) >= 11 is 6.21. The number of hydrogen-bond donors (Lipinski definition) is 0. The molecule has 0 spiro atoms. The van der Waals surface area contributed by atoms with Crippen LogP contribution in [0.25, 0.3) is 11.1 Å². The maximum Gasteiger partial charge on any atom is 0.135 e. The van der Waals surface area contributed by atoms with Crippen molar-refractivity contribution in [3.63, 3.8) is 0 Å². The number of benzene rings is 3. The second kappa shape index (κ2) is 7.94. The summed E-state index contributed by atoms with van der Waals surface area (Å²) in [6.07, 6.45) is 0. The van der Waals surface area contributed by atoms with E-state index < -0.39 is 0 Å². The Morgan fingerprint density at radius 3 is 2.52 bits per heavy atom. The van der Waals surface area contributed by atoms with Gasteiger partial charge < -0.3 is 4.90 Å². The zero-order chi connectivity index (χ0) is 21.6. The molecule has 156 valence electrons. The van der Waals surface area contributed by atoms with Crippen molar-refractivity contribution < 1.29 is 0 Å². The highest BCUT2D eigenvalue weighted by molar-refractivity contribution is 7.68. The Labute approximate surface area is 195 Å². The van der Waals surface area contributed by atoms with Crippen molar-refractivity contribution in [2.24, 2.45) is 4.99 Å². The molecular weight excluding hydrogens is 440 g/mol. The first-order valence-electron chi connectivity index (χ1n) is 10.3. The summed E-state index contributed by atoms with van der Waals surface area (Å²) in [7, 11) is 3.59. The molecule has 1 aromatic heterocycles. The molecule has 0 atom stereocenters. The van der Waals surface area contributed by atoms with Gasteiger partial charge in [-0.2, -0.15) is 0 Å². The van der Waals surface area contributed by atoms with Crippen LogP contribution in [0.15, 0.2) is 77.8 Å². The predicted molar refractivity (Wildman–Crippen MR) is 135 cm³/mol. The first kappa shape index (κ1) is 20.5. The lowest BCUT2D eigenvalue weighted by Gasteiger charge is -2.44. The average molecular weight is 463 g/mol. The van der Waals surface area contributed by atoms with Gasteiger partial charge >= 0.3 is 0 Å². The van der Waals surface area contributed by atoms with Crippen LogP contribution in [0.5, 0.6) is 0 Å². The van der Waals surface area contributed by atoms with Gasteiger partial charge in [0.15, 0.2) is 0 Å². The van der Waals surface area contributed by atoms with Crippen LogP contribution < -0.4 is 9.57 Å². The molecule has 0 saturated heterocycles. The quantitative estimate of drug-likeness (QED) is 0.282. The lowest BCUT2D eigenvalue weighted by atomic mass is 9.86. The highest BCUT2D eigenvalue weighted by Gasteiger charge is 2.39. The van der Waals surface area contributed by atoms with E-state index in [1.165, 1.54) is 32.8 Å². The highest BCUT2D eigenvalue weighted by Crippen LogP contribution is 2.50. The molecule has 1 aliphatic heterocycles. The number of halogens is 1. The van der Waals surface area contributed by atoms with E-state index in [0.717, 1.165) is 16.9 Å². The lowest BCUT2D eigenvalue weighted by Crippen LogP contribution is -2.43. The molecule has 0 saturated carbocycles. The van der Waals surface area contributed by atoms with Gasteiger partial charge in [0.05, 0.1) is 16.1 Å². The third-order valence-electron chi connectivity index (χ3n) is 5.81. The van der Waals surface area contributed by atoms with Gasteiger partial charge in [-0.15, -0.1) is 0 Å². The molecule has 2 nitrogen and oxygen atoms in total. The predicted octanol–water partition coefficient (Wildman–Crippen LogP) is 7.93. The molecule has 4 aromatic rings. The second-order valence-corrected chi connectivity index (χ2v) is 11.0. The van der Waals surface area contributed by atoms with E-state index in [9.17, 15) is 0 Å². The van der Waals surface area contributed by atoms with Gasteiger partial charge in [0.2, 0.25) is 0 Å².